The van der Waals surface area contributed by atoms with Crippen LogP contribution in [0.3, 0.4) is 0 Å². The molecule has 4 aromatic rings. The molecule has 1 aromatic heterocycles. The average Bonchev–Trinajstić information content (AvgIpc) is 3.28. The van der Waals surface area contributed by atoms with Gasteiger partial charge < -0.3 is 19.7 Å². The minimum absolute atomic E-state index is 0.0180. The van der Waals surface area contributed by atoms with Crippen LogP contribution in [0.2, 0.25) is 0 Å². The lowest BCUT2D eigenvalue weighted by molar-refractivity contribution is -0.134. The molecule has 0 aliphatic rings. The fraction of sp³-hybridized carbons (Fsp3) is 0.241. The summed E-state index contributed by atoms with van der Waals surface area (Å²) < 4.78 is 19.5. The second-order valence-corrected chi connectivity index (χ2v) is 9.06. The number of hydrogen-bond donors (Lipinski definition) is 2. The number of amides is 1. The molecule has 1 amide bonds. The van der Waals surface area contributed by atoms with E-state index in [2.05, 4.69) is 4.98 Å². The topological polar surface area (TPSA) is 82.6 Å². The van der Waals surface area contributed by atoms with Gasteiger partial charge in [-0.25, -0.2) is 9.18 Å². The van der Waals surface area contributed by atoms with Gasteiger partial charge in [-0.3, -0.25) is 4.79 Å². The van der Waals surface area contributed by atoms with Gasteiger partial charge in [0.05, 0.1) is 0 Å². The zero-order valence-corrected chi connectivity index (χ0v) is 20.3. The number of carbonyl (C=O) groups excluding carboxylic acids is 1. The summed E-state index contributed by atoms with van der Waals surface area (Å²) in [6.45, 7) is 4.22. The first-order valence-corrected chi connectivity index (χ1v) is 11.9. The molecule has 0 spiro atoms. The Kier molecular flexibility index (Phi) is 7.68. The van der Waals surface area contributed by atoms with E-state index in [4.69, 9.17) is 4.74 Å². The van der Waals surface area contributed by atoms with Crippen LogP contribution >= 0.6 is 0 Å². The number of aromatic nitrogens is 1. The lowest BCUT2D eigenvalue weighted by Crippen LogP contribution is -2.36. The van der Waals surface area contributed by atoms with Crippen molar-refractivity contribution in [1.82, 2.24) is 9.88 Å². The van der Waals surface area contributed by atoms with Crippen molar-refractivity contribution in [2.75, 3.05) is 13.2 Å². The molecular weight excluding hydrogens is 459 g/mol. The fourth-order valence-corrected chi connectivity index (χ4v) is 4.17. The third-order valence-electron chi connectivity index (χ3n) is 6.19. The maximum absolute atomic E-state index is 13.8. The van der Waals surface area contributed by atoms with Crippen molar-refractivity contribution in [2.24, 2.45) is 0 Å². The third-order valence-corrected chi connectivity index (χ3v) is 6.19. The van der Waals surface area contributed by atoms with Crippen LogP contribution in [0.15, 0.2) is 72.9 Å². The first kappa shape index (κ1) is 25.0. The Balaban J connectivity index is 1.51. The molecule has 0 saturated heterocycles. The lowest BCUT2D eigenvalue weighted by Gasteiger charge is -2.23. The normalized spacial score (nSPS) is 11.1. The number of para-hydroxylation sites is 1. The summed E-state index contributed by atoms with van der Waals surface area (Å²) in [5.41, 5.74) is 3.64. The van der Waals surface area contributed by atoms with E-state index in [1.807, 2.05) is 44.3 Å². The summed E-state index contributed by atoms with van der Waals surface area (Å²) in [5, 5.41) is 10.7. The highest BCUT2D eigenvalue weighted by Crippen LogP contribution is 2.25. The number of carbonyl (C=O) groups is 2. The molecule has 0 fully saturated rings. The van der Waals surface area contributed by atoms with Crippen LogP contribution in [-0.2, 0) is 17.8 Å². The van der Waals surface area contributed by atoms with Crippen LogP contribution in [-0.4, -0.2) is 40.0 Å². The summed E-state index contributed by atoms with van der Waals surface area (Å²) in [5.74, 6) is -1.50. The van der Waals surface area contributed by atoms with Gasteiger partial charge in [0.15, 0.2) is 6.61 Å². The van der Waals surface area contributed by atoms with Crippen molar-refractivity contribution in [1.29, 1.82) is 0 Å². The minimum Gasteiger partial charge on any atom is -0.483 e. The number of nitrogens with zero attached hydrogens (tertiary/aromatic N) is 1. The molecule has 0 atom stereocenters. The third kappa shape index (κ3) is 5.92. The largest absolute Gasteiger partial charge is 0.483 e. The van der Waals surface area contributed by atoms with E-state index in [1.54, 1.807) is 35.2 Å². The summed E-state index contributed by atoms with van der Waals surface area (Å²) in [6, 6.07) is 19.1. The minimum atomic E-state index is -1.11. The van der Waals surface area contributed by atoms with Crippen molar-refractivity contribution in [2.45, 2.75) is 32.7 Å². The number of nitrogens with one attached hydrogen (secondary N) is 1. The van der Waals surface area contributed by atoms with E-state index in [0.29, 0.717) is 18.5 Å². The second-order valence-electron chi connectivity index (χ2n) is 9.06. The van der Waals surface area contributed by atoms with Gasteiger partial charge in [0.2, 0.25) is 0 Å². The van der Waals surface area contributed by atoms with Crippen molar-refractivity contribution >= 4 is 22.8 Å². The average molecular weight is 489 g/mol. The summed E-state index contributed by atoms with van der Waals surface area (Å²) in [6.07, 6.45) is 2.52. The first-order valence-electron chi connectivity index (χ1n) is 11.9. The van der Waals surface area contributed by atoms with Crippen LogP contribution in [0.1, 0.15) is 46.8 Å². The van der Waals surface area contributed by atoms with Crippen molar-refractivity contribution in [3.8, 4) is 5.75 Å². The molecule has 0 unspecified atom stereocenters. The highest BCUT2D eigenvalue weighted by Gasteiger charge is 2.19. The van der Waals surface area contributed by atoms with Crippen LogP contribution in [0.25, 0.3) is 10.9 Å². The number of fused-ring (bicyclic) bond motifs is 1. The number of ether oxygens (including phenoxy) is 1. The SMILES string of the molecule is CC(C)c1ccc(OCC(=O)N(CCc2c[nH]c3ccccc23)Cc2cccc(F)c2)c(C(=O)O)c1. The summed E-state index contributed by atoms with van der Waals surface area (Å²) in [4.78, 5) is 29.9. The summed E-state index contributed by atoms with van der Waals surface area (Å²) in [7, 11) is 0. The van der Waals surface area contributed by atoms with Gasteiger partial charge in [0, 0.05) is 30.2 Å². The molecule has 2 N–H and O–H groups in total. The molecule has 4 rings (SSSR count). The molecule has 0 radical (unpaired) electrons. The zero-order chi connectivity index (χ0) is 25.7. The summed E-state index contributed by atoms with van der Waals surface area (Å²) >= 11 is 0. The second kappa shape index (κ2) is 11.1. The van der Waals surface area contributed by atoms with E-state index in [9.17, 15) is 19.1 Å². The highest BCUT2D eigenvalue weighted by molar-refractivity contribution is 5.91. The number of carboxylic acids is 1. The number of aromatic carboxylic acids is 1. The number of rotatable bonds is 10. The predicted molar refractivity (Wildman–Crippen MR) is 137 cm³/mol. The van der Waals surface area contributed by atoms with Crippen molar-refractivity contribution in [3.05, 3.63) is 101 Å². The van der Waals surface area contributed by atoms with Crippen LogP contribution in [0.5, 0.6) is 5.75 Å². The number of hydrogen-bond acceptors (Lipinski definition) is 3. The molecule has 186 valence electrons. The first-order chi connectivity index (χ1) is 17.3. The molecule has 0 bridgehead atoms. The maximum atomic E-state index is 13.8. The van der Waals surface area contributed by atoms with Gasteiger partial charge >= 0.3 is 5.97 Å². The lowest BCUT2D eigenvalue weighted by atomic mass is 10.0. The van der Waals surface area contributed by atoms with Crippen LogP contribution in [0, 0.1) is 5.82 Å². The molecule has 3 aromatic carbocycles. The Labute approximate surface area is 209 Å². The van der Waals surface area contributed by atoms with E-state index < -0.39 is 5.97 Å². The van der Waals surface area contributed by atoms with Crippen LogP contribution in [0.4, 0.5) is 4.39 Å². The molecule has 7 heteroatoms. The number of H-pyrrole nitrogens is 1. The van der Waals surface area contributed by atoms with Crippen molar-refractivity contribution in [3.63, 3.8) is 0 Å². The smallest absolute Gasteiger partial charge is 0.339 e. The Bertz CT molecular complexity index is 1380. The van der Waals surface area contributed by atoms with Crippen LogP contribution < -0.4 is 4.74 Å². The van der Waals surface area contributed by atoms with Gasteiger partial charge in [0.25, 0.3) is 5.91 Å². The van der Waals surface area contributed by atoms with Crippen molar-refractivity contribution < 1.29 is 23.8 Å². The van der Waals surface area contributed by atoms with Gasteiger partial charge in [-0.15, -0.1) is 0 Å². The zero-order valence-electron chi connectivity index (χ0n) is 20.3. The number of benzene rings is 3. The predicted octanol–water partition coefficient (Wildman–Crippen LogP) is 5.78. The molecule has 1 heterocycles. The molecular formula is C29H29FN2O4. The number of aromatic amines is 1. The molecule has 0 aliphatic carbocycles. The number of carboxylic acid groups (broad SMARTS) is 1. The Morgan fingerprint density at radius 1 is 1.06 bits per heavy atom. The maximum Gasteiger partial charge on any atom is 0.339 e. The molecule has 0 aliphatic heterocycles. The Morgan fingerprint density at radius 2 is 1.86 bits per heavy atom. The fourth-order valence-electron chi connectivity index (χ4n) is 4.17. The van der Waals surface area contributed by atoms with Gasteiger partial charge in [0.1, 0.15) is 17.1 Å². The molecule has 36 heavy (non-hydrogen) atoms. The quantitative estimate of drug-likeness (QED) is 0.297. The number of halogens is 1. The van der Waals surface area contributed by atoms with E-state index >= 15 is 0 Å². The molecule has 6 nitrogen and oxygen atoms in total. The monoisotopic (exact) mass is 488 g/mol. The van der Waals surface area contributed by atoms with E-state index in [-0.39, 0.29) is 42.1 Å². The van der Waals surface area contributed by atoms with Gasteiger partial charge in [-0.2, -0.15) is 0 Å². The van der Waals surface area contributed by atoms with E-state index in [0.717, 1.165) is 22.0 Å². The molecule has 0 saturated carbocycles. The highest BCUT2D eigenvalue weighted by atomic mass is 19.1. The Morgan fingerprint density at radius 3 is 2.61 bits per heavy atom. The standard InChI is InChI=1S/C29H29FN2O4/c1-19(2)21-10-11-27(25(15-21)29(34)35)36-18-28(33)32(17-20-6-5-7-23(30)14-20)13-12-22-16-31-26-9-4-3-8-24(22)26/h3-11,14-16,19,31H,12-13,17-18H2,1-2H3,(H,34,35). The van der Waals surface area contributed by atoms with Gasteiger partial charge in [-0.05, 0) is 59.4 Å². The Hall–Kier alpha value is -4.13. The van der Waals surface area contributed by atoms with E-state index in [1.165, 1.54) is 12.1 Å². The van der Waals surface area contributed by atoms with Gasteiger partial charge in [-0.1, -0.05) is 50.2 Å².